The quantitative estimate of drug-likeness (QED) is 0.460. The molecular weight excluding hydrogens is 466 g/mol. The molecule has 0 spiro atoms. The Hall–Kier alpha value is -4.00. The van der Waals surface area contributed by atoms with Crippen LogP contribution in [-0.4, -0.2) is 51.7 Å². The van der Waals surface area contributed by atoms with Gasteiger partial charge in [0.25, 0.3) is 0 Å². The van der Waals surface area contributed by atoms with Crippen LogP contribution in [0.2, 0.25) is 0 Å². The number of amides is 3. The molecule has 7 nitrogen and oxygen atoms in total. The van der Waals surface area contributed by atoms with Gasteiger partial charge in [-0.25, -0.2) is 0 Å². The van der Waals surface area contributed by atoms with Crippen molar-refractivity contribution in [1.82, 2.24) is 14.8 Å². The van der Waals surface area contributed by atoms with Gasteiger partial charge in [0.2, 0.25) is 17.7 Å². The molecule has 1 atom stereocenters. The van der Waals surface area contributed by atoms with E-state index in [1.54, 1.807) is 17.3 Å². The number of hydrogen-bond acceptors (Lipinski definition) is 5. The zero-order valence-electron chi connectivity index (χ0n) is 21.0. The summed E-state index contributed by atoms with van der Waals surface area (Å²) in [5.41, 5.74) is 1.35. The molecule has 7 heteroatoms. The molecule has 1 unspecified atom stereocenters. The van der Waals surface area contributed by atoms with Crippen molar-refractivity contribution in [2.24, 2.45) is 0 Å². The number of hydrogen-bond donors (Lipinski definition) is 0. The number of aromatic nitrogens is 1. The van der Waals surface area contributed by atoms with E-state index in [-0.39, 0.29) is 43.2 Å². The smallest absolute Gasteiger partial charge is 0.241 e. The van der Waals surface area contributed by atoms with Crippen LogP contribution in [0.4, 0.5) is 0 Å². The van der Waals surface area contributed by atoms with Gasteiger partial charge in [-0.05, 0) is 35.7 Å². The lowest BCUT2D eigenvalue weighted by molar-refractivity contribution is -0.143. The molecule has 37 heavy (non-hydrogen) atoms. The molecule has 2 aliphatic rings. The average Bonchev–Trinajstić information content (AvgIpc) is 3.15. The number of nitrogens with zero attached hydrogens (tertiary/aromatic N) is 3. The van der Waals surface area contributed by atoms with Crippen LogP contribution in [-0.2, 0) is 26.3 Å². The van der Waals surface area contributed by atoms with Gasteiger partial charge in [-0.3, -0.25) is 24.3 Å². The number of piperidine rings is 1. The number of ether oxygens (including phenoxy) is 1. The molecule has 190 valence electrons. The minimum absolute atomic E-state index is 0.00412. The molecule has 5 rings (SSSR count). The third-order valence-electron chi connectivity index (χ3n) is 7.44. The SMILES string of the molecule is Cc1ccccc1C1(CC(=O)N2CCC(Oc3cccnc3)CC2)CC(=O)N(Cc2ccccc2)C1=O. The summed E-state index contributed by atoms with van der Waals surface area (Å²) < 4.78 is 6.02. The van der Waals surface area contributed by atoms with Crippen molar-refractivity contribution >= 4 is 17.7 Å². The van der Waals surface area contributed by atoms with E-state index in [0.29, 0.717) is 25.9 Å². The standard InChI is InChI=1S/C30H31N3O4/c1-22-8-5-6-12-26(22)30(19-28(35)33(29(30)36)21-23-9-3-2-4-10-23)18-27(34)32-16-13-24(14-17-32)37-25-11-7-15-31-20-25/h2-12,15,20,24H,13-14,16-19,21H2,1H3. The summed E-state index contributed by atoms with van der Waals surface area (Å²) in [6.45, 7) is 3.23. The molecule has 0 aliphatic carbocycles. The fourth-order valence-electron chi connectivity index (χ4n) is 5.48. The van der Waals surface area contributed by atoms with Gasteiger partial charge < -0.3 is 9.64 Å². The summed E-state index contributed by atoms with van der Waals surface area (Å²) in [7, 11) is 0. The fraction of sp³-hybridized carbons (Fsp3) is 0.333. The summed E-state index contributed by atoms with van der Waals surface area (Å²) in [5, 5.41) is 0. The Bertz CT molecular complexity index is 1270. The Morgan fingerprint density at radius 3 is 2.43 bits per heavy atom. The van der Waals surface area contributed by atoms with E-state index < -0.39 is 5.41 Å². The van der Waals surface area contributed by atoms with Crippen molar-refractivity contribution in [2.45, 2.75) is 50.7 Å². The van der Waals surface area contributed by atoms with Crippen molar-refractivity contribution in [2.75, 3.05) is 13.1 Å². The van der Waals surface area contributed by atoms with E-state index in [1.165, 1.54) is 4.90 Å². The van der Waals surface area contributed by atoms with Gasteiger partial charge in [0, 0.05) is 45.0 Å². The van der Waals surface area contributed by atoms with Crippen molar-refractivity contribution in [3.8, 4) is 5.75 Å². The number of likely N-dealkylation sites (tertiary alicyclic amines) is 2. The molecule has 2 aromatic carbocycles. The molecule has 3 aromatic rings. The average molecular weight is 498 g/mol. The Balaban J connectivity index is 1.34. The summed E-state index contributed by atoms with van der Waals surface area (Å²) >= 11 is 0. The minimum Gasteiger partial charge on any atom is -0.489 e. The lowest BCUT2D eigenvalue weighted by Gasteiger charge is -2.35. The fourth-order valence-corrected chi connectivity index (χ4v) is 5.48. The van der Waals surface area contributed by atoms with E-state index in [0.717, 1.165) is 22.4 Å². The van der Waals surface area contributed by atoms with Crippen LogP contribution in [0.3, 0.4) is 0 Å². The van der Waals surface area contributed by atoms with E-state index in [2.05, 4.69) is 4.98 Å². The second-order valence-corrected chi connectivity index (χ2v) is 9.91. The molecule has 2 aliphatic heterocycles. The third kappa shape index (κ3) is 5.12. The third-order valence-corrected chi connectivity index (χ3v) is 7.44. The first-order chi connectivity index (χ1) is 18.0. The maximum absolute atomic E-state index is 14.0. The number of aryl methyl sites for hydroxylation is 1. The van der Waals surface area contributed by atoms with Crippen molar-refractivity contribution in [3.05, 3.63) is 95.8 Å². The number of benzene rings is 2. The summed E-state index contributed by atoms with van der Waals surface area (Å²) in [5.74, 6) is 0.0810. The summed E-state index contributed by atoms with van der Waals surface area (Å²) in [4.78, 5) is 48.0. The van der Waals surface area contributed by atoms with Crippen molar-refractivity contribution in [1.29, 1.82) is 0 Å². The Kier molecular flexibility index (Phi) is 7.04. The highest BCUT2D eigenvalue weighted by atomic mass is 16.5. The maximum Gasteiger partial charge on any atom is 0.241 e. The predicted octanol–water partition coefficient (Wildman–Crippen LogP) is 4.05. The number of pyridine rings is 1. The van der Waals surface area contributed by atoms with Gasteiger partial charge in [0.05, 0.1) is 18.2 Å². The summed E-state index contributed by atoms with van der Waals surface area (Å²) in [6, 6.07) is 20.8. The molecule has 2 fully saturated rings. The minimum atomic E-state index is -1.20. The predicted molar refractivity (Wildman–Crippen MR) is 139 cm³/mol. The molecule has 0 radical (unpaired) electrons. The number of imide groups is 1. The van der Waals surface area contributed by atoms with Crippen LogP contribution in [0.15, 0.2) is 79.1 Å². The molecule has 0 N–H and O–H groups in total. The number of rotatable bonds is 7. The van der Waals surface area contributed by atoms with E-state index in [4.69, 9.17) is 4.74 Å². The Morgan fingerprint density at radius 1 is 1.00 bits per heavy atom. The first-order valence-electron chi connectivity index (χ1n) is 12.8. The Morgan fingerprint density at radius 2 is 1.73 bits per heavy atom. The number of carbonyl (C=O) groups is 3. The zero-order valence-corrected chi connectivity index (χ0v) is 21.0. The van der Waals surface area contributed by atoms with Gasteiger partial charge >= 0.3 is 0 Å². The van der Waals surface area contributed by atoms with Gasteiger partial charge in [0.1, 0.15) is 11.9 Å². The van der Waals surface area contributed by atoms with Crippen LogP contribution < -0.4 is 4.74 Å². The molecule has 3 amide bonds. The van der Waals surface area contributed by atoms with Gasteiger partial charge in [-0.2, -0.15) is 0 Å². The highest BCUT2D eigenvalue weighted by Crippen LogP contribution is 2.42. The van der Waals surface area contributed by atoms with Gasteiger partial charge in [0.15, 0.2) is 0 Å². The maximum atomic E-state index is 14.0. The van der Waals surface area contributed by atoms with E-state index in [9.17, 15) is 14.4 Å². The van der Waals surface area contributed by atoms with Gasteiger partial charge in [-0.15, -0.1) is 0 Å². The largest absolute Gasteiger partial charge is 0.489 e. The topological polar surface area (TPSA) is 79.8 Å². The normalized spacial score (nSPS) is 20.4. The first kappa shape index (κ1) is 24.7. The molecule has 0 bridgehead atoms. The second-order valence-electron chi connectivity index (χ2n) is 9.91. The van der Waals surface area contributed by atoms with Crippen molar-refractivity contribution in [3.63, 3.8) is 0 Å². The zero-order chi connectivity index (χ0) is 25.8. The molecule has 2 saturated heterocycles. The van der Waals surface area contributed by atoms with Crippen LogP contribution in [0.1, 0.15) is 42.4 Å². The van der Waals surface area contributed by atoms with Crippen molar-refractivity contribution < 1.29 is 19.1 Å². The summed E-state index contributed by atoms with van der Waals surface area (Å²) in [6.07, 6.45) is 4.77. The first-order valence-corrected chi connectivity index (χ1v) is 12.8. The van der Waals surface area contributed by atoms with Crippen LogP contribution in [0, 0.1) is 6.92 Å². The monoisotopic (exact) mass is 497 g/mol. The molecule has 3 heterocycles. The molecular formula is C30H31N3O4. The van der Waals surface area contributed by atoms with Crippen LogP contribution >= 0.6 is 0 Å². The van der Waals surface area contributed by atoms with E-state index >= 15 is 0 Å². The van der Waals surface area contributed by atoms with Crippen LogP contribution in [0.5, 0.6) is 5.75 Å². The highest BCUT2D eigenvalue weighted by molar-refractivity contribution is 6.10. The van der Waals surface area contributed by atoms with Crippen LogP contribution in [0.25, 0.3) is 0 Å². The highest BCUT2D eigenvalue weighted by Gasteiger charge is 2.54. The van der Waals surface area contributed by atoms with E-state index in [1.807, 2.05) is 73.7 Å². The molecule has 1 aromatic heterocycles. The lowest BCUT2D eigenvalue weighted by atomic mass is 9.73. The Labute approximate surface area is 217 Å². The second kappa shape index (κ2) is 10.5. The molecule has 0 saturated carbocycles. The number of carbonyl (C=O) groups excluding carboxylic acids is 3. The lowest BCUT2D eigenvalue weighted by Crippen LogP contribution is -2.46. The van der Waals surface area contributed by atoms with Gasteiger partial charge in [-0.1, -0.05) is 54.6 Å².